The smallest absolute Gasteiger partial charge is 0.254 e. The van der Waals surface area contributed by atoms with E-state index in [-0.39, 0.29) is 23.8 Å². The Bertz CT molecular complexity index is 1240. The Hall–Kier alpha value is -3.93. The molecule has 0 spiro atoms. The van der Waals surface area contributed by atoms with Gasteiger partial charge < -0.3 is 15.1 Å². The lowest BCUT2D eigenvalue weighted by Crippen LogP contribution is -2.33. The molecule has 6 nitrogen and oxygen atoms in total. The van der Waals surface area contributed by atoms with Crippen LogP contribution < -0.4 is 10.2 Å². The van der Waals surface area contributed by atoms with Crippen LogP contribution in [0.1, 0.15) is 60.3 Å². The summed E-state index contributed by atoms with van der Waals surface area (Å²) in [5.41, 5.74) is 5.20. The van der Waals surface area contributed by atoms with Crippen molar-refractivity contribution >= 4 is 29.1 Å². The molecule has 3 aromatic rings. The topological polar surface area (TPSA) is 69.7 Å². The fourth-order valence-corrected chi connectivity index (χ4v) is 4.57. The van der Waals surface area contributed by atoms with Gasteiger partial charge in [0.25, 0.3) is 5.91 Å². The first-order chi connectivity index (χ1) is 16.9. The van der Waals surface area contributed by atoms with Crippen molar-refractivity contribution in [3.8, 4) is 0 Å². The monoisotopic (exact) mass is 469 g/mol. The number of fused-ring (bicyclic) bond motifs is 1. The summed E-state index contributed by atoms with van der Waals surface area (Å²) >= 11 is 0. The highest BCUT2D eigenvalue weighted by Gasteiger charge is 2.27. The Balaban J connectivity index is 1.66. The number of amides is 3. The highest BCUT2D eigenvalue weighted by Crippen LogP contribution is 2.32. The van der Waals surface area contributed by atoms with Crippen LogP contribution >= 0.6 is 0 Å². The van der Waals surface area contributed by atoms with Crippen LogP contribution in [0.15, 0.2) is 72.8 Å². The Morgan fingerprint density at radius 3 is 2.49 bits per heavy atom. The molecule has 1 aliphatic heterocycles. The number of benzene rings is 3. The van der Waals surface area contributed by atoms with Gasteiger partial charge in [0, 0.05) is 43.4 Å². The van der Waals surface area contributed by atoms with E-state index in [0.29, 0.717) is 30.8 Å². The van der Waals surface area contributed by atoms with E-state index in [1.165, 1.54) is 6.92 Å². The largest absolute Gasteiger partial charge is 0.328 e. The lowest BCUT2D eigenvalue weighted by Gasteiger charge is -2.30. The second-order valence-electron chi connectivity index (χ2n) is 8.89. The number of nitrogens with zero attached hydrogens (tertiary/aromatic N) is 2. The molecular weight excluding hydrogens is 438 g/mol. The van der Waals surface area contributed by atoms with Gasteiger partial charge in [-0.05, 0) is 60.4 Å². The number of carbonyl (C=O) groups excluding carboxylic acids is 3. The third-order valence-corrected chi connectivity index (χ3v) is 6.44. The normalized spacial score (nSPS) is 13.2. The van der Waals surface area contributed by atoms with E-state index in [9.17, 15) is 14.4 Å². The zero-order valence-corrected chi connectivity index (χ0v) is 20.5. The second kappa shape index (κ2) is 10.6. The van der Waals surface area contributed by atoms with Crippen molar-refractivity contribution in [3.63, 3.8) is 0 Å². The maximum Gasteiger partial charge on any atom is 0.254 e. The third-order valence-electron chi connectivity index (χ3n) is 6.44. The van der Waals surface area contributed by atoms with Crippen LogP contribution in [0.3, 0.4) is 0 Å². The summed E-state index contributed by atoms with van der Waals surface area (Å²) in [6.45, 7) is 6.44. The fraction of sp³-hybridized carbons (Fsp3) is 0.276. The summed E-state index contributed by atoms with van der Waals surface area (Å²) in [4.78, 5) is 41.3. The lowest BCUT2D eigenvalue weighted by molar-refractivity contribution is -0.118. The molecule has 6 heteroatoms. The first-order valence-corrected chi connectivity index (χ1v) is 12.0. The molecule has 0 aromatic heterocycles. The number of hydrogen-bond acceptors (Lipinski definition) is 3. The van der Waals surface area contributed by atoms with Crippen molar-refractivity contribution in [3.05, 3.63) is 95.1 Å². The maximum atomic E-state index is 13.9. The quantitative estimate of drug-likeness (QED) is 0.507. The highest BCUT2D eigenvalue weighted by molar-refractivity contribution is 5.98. The Labute approximate surface area is 206 Å². The number of nitrogens with one attached hydrogen (secondary N) is 1. The summed E-state index contributed by atoms with van der Waals surface area (Å²) in [5.74, 6) is -0.115. The number of anilines is 2. The summed E-state index contributed by atoms with van der Waals surface area (Å²) in [6.07, 6.45) is 1.20. The van der Waals surface area contributed by atoms with Crippen LogP contribution in [0, 0.1) is 0 Å². The van der Waals surface area contributed by atoms with E-state index in [1.54, 1.807) is 0 Å². The molecule has 0 bridgehead atoms. The fourth-order valence-electron chi connectivity index (χ4n) is 4.57. The SMILES string of the molecule is CCC(=O)N1CCc2cc(C(=O)N(Cc3ccccc3)C(C)c3cccc(NC(C)=O)c3)ccc21. The van der Waals surface area contributed by atoms with Crippen LogP contribution in [-0.2, 0) is 22.6 Å². The van der Waals surface area contributed by atoms with E-state index in [2.05, 4.69) is 5.32 Å². The van der Waals surface area contributed by atoms with E-state index < -0.39 is 0 Å². The second-order valence-corrected chi connectivity index (χ2v) is 8.89. The van der Waals surface area contributed by atoms with Crippen LogP contribution in [0.2, 0.25) is 0 Å². The van der Waals surface area contributed by atoms with Gasteiger partial charge in [-0.15, -0.1) is 0 Å². The Kier molecular flexibility index (Phi) is 7.30. The summed E-state index contributed by atoms with van der Waals surface area (Å²) in [6, 6.07) is 22.9. The minimum Gasteiger partial charge on any atom is -0.328 e. The minimum atomic E-state index is -0.233. The van der Waals surface area contributed by atoms with Gasteiger partial charge in [-0.1, -0.05) is 49.4 Å². The van der Waals surface area contributed by atoms with Gasteiger partial charge in [0.15, 0.2) is 0 Å². The van der Waals surface area contributed by atoms with E-state index in [1.807, 2.05) is 96.4 Å². The molecule has 1 heterocycles. The van der Waals surface area contributed by atoms with E-state index in [0.717, 1.165) is 28.8 Å². The average Bonchev–Trinajstić information content (AvgIpc) is 3.30. The molecule has 0 fully saturated rings. The molecule has 1 aliphatic rings. The van der Waals surface area contributed by atoms with Gasteiger partial charge in [0.05, 0.1) is 6.04 Å². The van der Waals surface area contributed by atoms with Gasteiger partial charge in [-0.25, -0.2) is 0 Å². The molecule has 0 radical (unpaired) electrons. The van der Waals surface area contributed by atoms with Gasteiger partial charge in [-0.3, -0.25) is 14.4 Å². The van der Waals surface area contributed by atoms with Crippen LogP contribution in [0.5, 0.6) is 0 Å². The molecule has 0 saturated heterocycles. The standard InChI is InChI=1S/C29H31N3O3/c1-4-28(34)31-16-15-24-17-25(13-14-27(24)31)29(35)32(19-22-9-6-5-7-10-22)20(2)23-11-8-12-26(18-23)30-21(3)33/h5-14,17-18,20H,4,15-16,19H2,1-3H3,(H,30,33). The lowest BCUT2D eigenvalue weighted by atomic mass is 10.0. The van der Waals surface area contributed by atoms with Crippen molar-refractivity contribution in [2.24, 2.45) is 0 Å². The number of carbonyl (C=O) groups is 3. The highest BCUT2D eigenvalue weighted by atomic mass is 16.2. The zero-order chi connectivity index (χ0) is 24.9. The molecule has 0 saturated carbocycles. The van der Waals surface area contributed by atoms with Crippen LogP contribution in [0.4, 0.5) is 11.4 Å². The van der Waals surface area contributed by atoms with Crippen molar-refractivity contribution in [2.45, 2.75) is 46.2 Å². The molecule has 180 valence electrons. The minimum absolute atomic E-state index is 0.0747. The van der Waals surface area contributed by atoms with Gasteiger partial charge in [-0.2, -0.15) is 0 Å². The van der Waals surface area contributed by atoms with Gasteiger partial charge in [0.1, 0.15) is 0 Å². The summed E-state index contributed by atoms with van der Waals surface area (Å²) < 4.78 is 0. The molecular formula is C29H31N3O3. The molecule has 3 aromatic carbocycles. The first kappa shape index (κ1) is 24.2. The predicted octanol–water partition coefficient (Wildman–Crippen LogP) is 5.35. The summed E-state index contributed by atoms with van der Waals surface area (Å²) in [5, 5.41) is 2.82. The molecule has 4 rings (SSSR count). The molecule has 1 unspecified atom stereocenters. The maximum absolute atomic E-state index is 13.9. The predicted molar refractivity (Wildman–Crippen MR) is 138 cm³/mol. The molecule has 1 atom stereocenters. The van der Waals surface area contributed by atoms with Gasteiger partial charge >= 0.3 is 0 Å². The van der Waals surface area contributed by atoms with E-state index in [4.69, 9.17) is 0 Å². The average molecular weight is 470 g/mol. The van der Waals surface area contributed by atoms with Crippen LogP contribution in [0.25, 0.3) is 0 Å². The van der Waals surface area contributed by atoms with Crippen molar-refractivity contribution in [2.75, 3.05) is 16.8 Å². The third kappa shape index (κ3) is 5.43. The molecule has 0 aliphatic carbocycles. The van der Waals surface area contributed by atoms with Crippen LogP contribution in [-0.4, -0.2) is 29.2 Å². The summed E-state index contributed by atoms with van der Waals surface area (Å²) in [7, 11) is 0. The number of hydrogen-bond donors (Lipinski definition) is 1. The van der Waals surface area contributed by atoms with Crippen molar-refractivity contribution in [1.29, 1.82) is 0 Å². The Morgan fingerprint density at radius 1 is 1.00 bits per heavy atom. The zero-order valence-electron chi connectivity index (χ0n) is 20.5. The molecule has 1 N–H and O–H groups in total. The van der Waals surface area contributed by atoms with E-state index >= 15 is 0 Å². The first-order valence-electron chi connectivity index (χ1n) is 12.0. The molecule has 35 heavy (non-hydrogen) atoms. The Morgan fingerprint density at radius 2 is 1.77 bits per heavy atom. The molecule has 3 amide bonds. The van der Waals surface area contributed by atoms with Gasteiger partial charge in [0.2, 0.25) is 11.8 Å². The van der Waals surface area contributed by atoms with Crippen molar-refractivity contribution < 1.29 is 14.4 Å². The number of rotatable bonds is 7. The van der Waals surface area contributed by atoms with Crippen molar-refractivity contribution in [1.82, 2.24) is 4.90 Å².